The van der Waals surface area contributed by atoms with E-state index in [0.717, 1.165) is 31.1 Å². The van der Waals surface area contributed by atoms with E-state index in [1.807, 2.05) is 16.9 Å². The monoisotopic (exact) mass is 243 g/mol. The lowest BCUT2D eigenvalue weighted by molar-refractivity contribution is -0.0924. The summed E-state index contributed by atoms with van der Waals surface area (Å²) in [6.07, 6.45) is 3.72. The van der Waals surface area contributed by atoms with Gasteiger partial charge in [-0.3, -0.25) is 0 Å². The summed E-state index contributed by atoms with van der Waals surface area (Å²) in [5.41, 5.74) is 2.50. The number of nitrogens with zero attached hydrogens (tertiary/aromatic N) is 2. The summed E-state index contributed by atoms with van der Waals surface area (Å²) in [6, 6.07) is 10.2. The van der Waals surface area contributed by atoms with Crippen LogP contribution in [0.2, 0.25) is 0 Å². The molecule has 1 saturated heterocycles. The molecule has 0 amide bonds. The standard InChI is InChI=1S/C14H17N3O/c1-14(10-18-11-14)9-15-12-3-5-13(6-4-12)17-8-2-7-16-17/h2-8,15H,9-11H2,1H3. The third kappa shape index (κ3) is 2.24. The first-order valence-electron chi connectivity index (χ1n) is 6.17. The van der Waals surface area contributed by atoms with Crippen LogP contribution in [0.5, 0.6) is 0 Å². The normalized spacial score (nSPS) is 17.2. The van der Waals surface area contributed by atoms with Gasteiger partial charge < -0.3 is 10.1 Å². The van der Waals surface area contributed by atoms with Crippen molar-refractivity contribution in [3.63, 3.8) is 0 Å². The fraction of sp³-hybridized carbons (Fsp3) is 0.357. The molecule has 0 radical (unpaired) electrons. The molecule has 1 N–H and O–H groups in total. The van der Waals surface area contributed by atoms with Gasteiger partial charge in [0.05, 0.1) is 18.9 Å². The predicted octanol–water partition coefficient (Wildman–Crippen LogP) is 2.32. The first kappa shape index (κ1) is 11.3. The van der Waals surface area contributed by atoms with Crippen LogP contribution in [0.25, 0.3) is 5.69 Å². The van der Waals surface area contributed by atoms with E-state index < -0.39 is 0 Å². The van der Waals surface area contributed by atoms with Crippen LogP contribution < -0.4 is 5.32 Å². The quantitative estimate of drug-likeness (QED) is 0.895. The molecule has 2 aromatic rings. The second kappa shape index (κ2) is 4.46. The van der Waals surface area contributed by atoms with Crippen LogP contribution in [0.15, 0.2) is 42.7 Å². The molecule has 0 bridgehead atoms. The molecule has 0 unspecified atom stereocenters. The minimum atomic E-state index is 0.292. The van der Waals surface area contributed by atoms with E-state index in [1.54, 1.807) is 6.20 Å². The molecule has 1 aliphatic heterocycles. The highest BCUT2D eigenvalue weighted by Crippen LogP contribution is 2.26. The van der Waals surface area contributed by atoms with Crippen molar-refractivity contribution in [2.45, 2.75) is 6.92 Å². The van der Waals surface area contributed by atoms with Gasteiger partial charge >= 0.3 is 0 Å². The van der Waals surface area contributed by atoms with Gasteiger partial charge in [-0.2, -0.15) is 5.10 Å². The highest BCUT2D eigenvalue weighted by Gasteiger charge is 2.32. The lowest BCUT2D eigenvalue weighted by atomic mass is 9.89. The maximum atomic E-state index is 5.24. The molecule has 0 aliphatic carbocycles. The largest absolute Gasteiger partial charge is 0.384 e. The first-order valence-corrected chi connectivity index (χ1v) is 6.17. The number of rotatable bonds is 4. The van der Waals surface area contributed by atoms with Crippen molar-refractivity contribution in [3.05, 3.63) is 42.7 Å². The number of anilines is 1. The Morgan fingerprint density at radius 1 is 1.33 bits per heavy atom. The van der Waals surface area contributed by atoms with Crippen molar-refractivity contribution in [2.24, 2.45) is 5.41 Å². The summed E-state index contributed by atoms with van der Waals surface area (Å²) in [5.74, 6) is 0. The molecule has 4 nitrogen and oxygen atoms in total. The number of hydrogen-bond acceptors (Lipinski definition) is 3. The van der Waals surface area contributed by atoms with Crippen LogP contribution >= 0.6 is 0 Å². The van der Waals surface area contributed by atoms with Crippen LogP contribution in [0.3, 0.4) is 0 Å². The Bertz CT molecular complexity index is 500. The zero-order chi connectivity index (χ0) is 12.4. The van der Waals surface area contributed by atoms with E-state index in [0.29, 0.717) is 5.41 Å². The van der Waals surface area contributed by atoms with E-state index in [2.05, 4.69) is 41.6 Å². The smallest absolute Gasteiger partial charge is 0.0647 e. The fourth-order valence-electron chi connectivity index (χ4n) is 2.02. The highest BCUT2D eigenvalue weighted by atomic mass is 16.5. The van der Waals surface area contributed by atoms with Crippen molar-refractivity contribution in [1.82, 2.24) is 9.78 Å². The number of ether oxygens (including phenoxy) is 1. The van der Waals surface area contributed by atoms with E-state index in [1.165, 1.54) is 0 Å². The molecule has 1 aliphatic rings. The molecule has 1 fully saturated rings. The molecule has 4 heteroatoms. The van der Waals surface area contributed by atoms with E-state index in [9.17, 15) is 0 Å². The lowest BCUT2D eigenvalue weighted by Gasteiger charge is -2.38. The van der Waals surface area contributed by atoms with Crippen LogP contribution in [0.1, 0.15) is 6.92 Å². The molecule has 18 heavy (non-hydrogen) atoms. The Morgan fingerprint density at radius 3 is 2.67 bits per heavy atom. The van der Waals surface area contributed by atoms with Crippen molar-refractivity contribution in [2.75, 3.05) is 25.1 Å². The second-order valence-corrected chi connectivity index (χ2v) is 5.15. The summed E-state index contributed by atoms with van der Waals surface area (Å²) in [7, 11) is 0. The molecule has 94 valence electrons. The number of hydrogen-bond donors (Lipinski definition) is 1. The van der Waals surface area contributed by atoms with Crippen LogP contribution in [-0.4, -0.2) is 29.5 Å². The Hall–Kier alpha value is -1.81. The van der Waals surface area contributed by atoms with Gasteiger partial charge in [0, 0.05) is 30.0 Å². The SMILES string of the molecule is CC1(CNc2ccc(-n3cccn3)cc2)COC1. The predicted molar refractivity (Wildman–Crippen MR) is 71.0 cm³/mol. The van der Waals surface area contributed by atoms with Crippen molar-refractivity contribution < 1.29 is 4.74 Å². The first-order chi connectivity index (χ1) is 8.75. The molecule has 3 rings (SSSR count). The van der Waals surface area contributed by atoms with Crippen LogP contribution in [0, 0.1) is 5.41 Å². The Morgan fingerprint density at radius 2 is 2.11 bits per heavy atom. The van der Waals surface area contributed by atoms with Gasteiger partial charge in [-0.1, -0.05) is 6.92 Å². The highest BCUT2D eigenvalue weighted by molar-refractivity contribution is 5.48. The van der Waals surface area contributed by atoms with Gasteiger partial charge in [-0.25, -0.2) is 4.68 Å². The van der Waals surface area contributed by atoms with Gasteiger partial charge in [0.25, 0.3) is 0 Å². The van der Waals surface area contributed by atoms with Crippen molar-refractivity contribution >= 4 is 5.69 Å². The zero-order valence-electron chi connectivity index (χ0n) is 10.5. The number of benzene rings is 1. The summed E-state index contributed by atoms with van der Waals surface area (Å²) in [4.78, 5) is 0. The molecular formula is C14H17N3O. The number of nitrogens with one attached hydrogen (secondary N) is 1. The average Bonchev–Trinajstić information content (AvgIpc) is 2.88. The minimum absolute atomic E-state index is 0.292. The van der Waals surface area contributed by atoms with Gasteiger partial charge in [0.1, 0.15) is 0 Å². The Labute approximate surface area is 107 Å². The molecule has 1 aromatic heterocycles. The van der Waals surface area contributed by atoms with E-state index in [4.69, 9.17) is 4.74 Å². The second-order valence-electron chi connectivity index (χ2n) is 5.15. The summed E-state index contributed by atoms with van der Waals surface area (Å²) < 4.78 is 7.09. The third-order valence-electron chi connectivity index (χ3n) is 3.26. The molecule has 2 heterocycles. The van der Waals surface area contributed by atoms with Crippen molar-refractivity contribution in [1.29, 1.82) is 0 Å². The molecule has 0 atom stereocenters. The van der Waals surface area contributed by atoms with Crippen LogP contribution in [0.4, 0.5) is 5.69 Å². The molecule has 1 aromatic carbocycles. The summed E-state index contributed by atoms with van der Waals surface area (Å²) in [6.45, 7) is 4.90. The topological polar surface area (TPSA) is 39.1 Å². The third-order valence-corrected chi connectivity index (χ3v) is 3.26. The summed E-state index contributed by atoms with van der Waals surface area (Å²) in [5, 5.41) is 7.65. The van der Waals surface area contributed by atoms with Crippen LogP contribution in [-0.2, 0) is 4.74 Å². The maximum Gasteiger partial charge on any atom is 0.0647 e. The van der Waals surface area contributed by atoms with Crippen molar-refractivity contribution in [3.8, 4) is 5.69 Å². The fourth-order valence-corrected chi connectivity index (χ4v) is 2.02. The van der Waals surface area contributed by atoms with Gasteiger partial charge in [-0.05, 0) is 30.3 Å². The lowest BCUT2D eigenvalue weighted by Crippen LogP contribution is -2.45. The zero-order valence-corrected chi connectivity index (χ0v) is 10.5. The van der Waals surface area contributed by atoms with Gasteiger partial charge in [0.15, 0.2) is 0 Å². The van der Waals surface area contributed by atoms with Gasteiger partial charge in [-0.15, -0.1) is 0 Å². The minimum Gasteiger partial charge on any atom is -0.384 e. The number of aromatic nitrogens is 2. The average molecular weight is 243 g/mol. The molecule has 0 saturated carbocycles. The summed E-state index contributed by atoms with van der Waals surface area (Å²) >= 11 is 0. The molecule has 0 spiro atoms. The van der Waals surface area contributed by atoms with E-state index >= 15 is 0 Å². The Balaban J connectivity index is 1.64. The maximum absolute atomic E-state index is 5.24. The van der Waals surface area contributed by atoms with Gasteiger partial charge in [0.2, 0.25) is 0 Å². The van der Waals surface area contributed by atoms with E-state index in [-0.39, 0.29) is 0 Å². The Kier molecular flexibility index (Phi) is 2.80. The molecular weight excluding hydrogens is 226 g/mol.